The number of fused-ring (bicyclic) bond motifs is 9. The molecule has 5 heteroatoms. The molecule has 0 unspecified atom stereocenters. The lowest BCUT2D eigenvalue weighted by molar-refractivity contribution is 0.627. The van der Waals surface area contributed by atoms with Crippen LogP contribution in [0, 0.1) is 5.82 Å². The number of furan rings is 1. The van der Waals surface area contributed by atoms with Crippen molar-refractivity contribution in [1.82, 2.24) is 9.13 Å². The van der Waals surface area contributed by atoms with Crippen LogP contribution in [0.25, 0.3) is 76.9 Å². The molecule has 0 aliphatic heterocycles. The van der Waals surface area contributed by atoms with E-state index in [1.165, 1.54) is 11.5 Å². The van der Waals surface area contributed by atoms with Gasteiger partial charge in [-0.3, -0.25) is 0 Å². The molecule has 0 aliphatic rings. The third-order valence-electron chi connectivity index (χ3n) is 10.5. The molecule has 11 aromatic rings. The van der Waals surface area contributed by atoms with Crippen LogP contribution in [0.5, 0.6) is 0 Å². The minimum atomic E-state index is -0.271. The molecule has 3 heterocycles. The highest BCUT2D eigenvalue weighted by molar-refractivity contribution is 6.20. The summed E-state index contributed by atoms with van der Waals surface area (Å²) < 4.78 is 25.7. The van der Waals surface area contributed by atoms with Gasteiger partial charge >= 0.3 is 0 Å². The van der Waals surface area contributed by atoms with E-state index in [2.05, 4.69) is 154 Å². The quantitative estimate of drug-likeness (QED) is 0.180. The molecule has 0 spiro atoms. The van der Waals surface area contributed by atoms with E-state index in [-0.39, 0.29) is 5.82 Å². The van der Waals surface area contributed by atoms with Crippen molar-refractivity contribution < 1.29 is 8.81 Å². The fourth-order valence-electron chi connectivity index (χ4n) is 8.37. The summed E-state index contributed by atoms with van der Waals surface area (Å²) in [6.45, 7) is 0. The number of anilines is 3. The maximum Gasteiger partial charge on any atom is 0.135 e. The Morgan fingerprint density at radius 3 is 1.89 bits per heavy atom. The zero-order valence-electron chi connectivity index (χ0n) is 28.4. The van der Waals surface area contributed by atoms with E-state index in [4.69, 9.17) is 4.42 Å². The van der Waals surface area contributed by atoms with Crippen LogP contribution in [-0.2, 0) is 0 Å². The fraction of sp³-hybridized carbons (Fsp3) is 0. The van der Waals surface area contributed by atoms with Gasteiger partial charge in [0.15, 0.2) is 0 Å². The molecule has 0 N–H and O–H groups in total. The van der Waals surface area contributed by atoms with Crippen LogP contribution in [-0.4, -0.2) is 9.13 Å². The van der Waals surface area contributed by atoms with Gasteiger partial charge in [-0.1, -0.05) is 97.1 Å². The lowest BCUT2D eigenvalue weighted by atomic mass is 10.1. The summed E-state index contributed by atoms with van der Waals surface area (Å²) in [5.74, 6) is -0.271. The van der Waals surface area contributed by atoms with Crippen LogP contribution < -0.4 is 4.90 Å². The van der Waals surface area contributed by atoms with Crippen LogP contribution in [0.15, 0.2) is 186 Å². The first-order valence-electron chi connectivity index (χ1n) is 17.8. The van der Waals surface area contributed by atoms with Gasteiger partial charge in [0.1, 0.15) is 17.0 Å². The van der Waals surface area contributed by atoms with Crippen molar-refractivity contribution in [2.45, 2.75) is 0 Å². The zero-order valence-corrected chi connectivity index (χ0v) is 28.4. The predicted molar refractivity (Wildman–Crippen MR) is 217 cm³/mol. The molecule has 0 aliphatic carbocycles. The van der Waals surface area contributed by atoms with Crippen molar-refractivity contribution in [2.75, 3.05) is 4.90 Å². The van der Waals surface area contributed by atoms with Gasteiger partial charge in [-0.25, -0.2) is 4.39 Å². The van der Waals surface area contributed by atoms with Crippen molar-refractivity contribution in [3.8, 4) is 11.4 Å². The molecule has 0 bridgehead atoms. The Morgan fingerprint density at radius 1 is 0.415 bits per heavy atom. The Balaban J connectivity index is 1.30. The lowest BCUT2D eigenvalue weighted by Gasteiger charge is -2.28. The molecule has 11 rings (SSSR count). The van der Waals surface area contributed by atoms with Crippen molar-refractivity contribution in [3.63, 3.8) is 0 Å². The molecule has 3 aromatic heterocycles. The van der Waals surface area contributed by atoms with E-state index in [9.17, 15) is 4.39 Å². The SMILES string of the molecule is Fc1cccc(-n2c3ccccc3c3c(N(c4ccc5oc6ccccc6c5c4)c4cccc5c6ccccc6n(-c6ccccc6)c45)cccc32)c1. The van der Waals surface area contributed by atoms with Crippen LogP contribution >= 0.6 is 0 Å². The van der Waals surface area contributed by atoms with Gasteiger partial charge < -0.3 is 18.5 Å². The highest BCUT2D eigenvalue weighted by Crippen LogP contribution is 2.48. The van der Waals surface area contributed by atoms with E-state index in [0.29, 0.717) is 0 Å². The van der Waals surface area contributed by atoms with Crippen LogP contribution in [0.4, 0.5) is 21.5 Å². The monoisotopic (exact) mass is 683 g/mol. The first kappa shape index (κ1) is 29.6. The summed E-state index contributed by atoms with van der Waals surface area (Å²) in [4.78, 5) is 2.40. The van der Waals surface area contributed by atoms with E-state index < -0.39 is 0 Å². The van der Waals surface area contributed by atoms with Gasteiger partial charge in [-0.05, 0) is 84.9 Å². The molecule has 8 aromatic carbocycles. The van der Waals surface area contributed by atoms with Crippen LogP contribution in [0.3, 0.4) is 0 Å². The summed E-state index contributed by atoms with van der Waals surface area (Å²) in [7, 11) is 0. The van der Waals surface area contributed by atoms with Gasteiger partial charge in [0.05, 0.1) is 33.4 Å². The fourth-order valence-corrected chi connectivity index (χ4v) is 8.37. The van der Waals surface area contributed by atoms with Gasteiger partial charge in [-0.2, -0.15) is 0 Å². The molecule has 0 amide bonds. The third-order valence-corrected chi connectivity index (χ3v) is 10.5. The Labute approximate surface area is 303 Å². The summed E-state index contributed by atoms with van der Waals surface area (Å²) >= 11 is 0. The molecular weight excluding hydrogens is 654 g/mol. The summed E-state index contributed by atoms with van der Waals surface area (Å²) in [5.41, 5.74) is 10.8. The topological polar surface area (TPSA) is 26.2 Å². The van der Waals surface area contributed by atoms with Gasteiger partial charge in [0, 0.05) is 49.4 Å². The van der Waals surface area contributed by atoms with Crippen molar-refractivity contribution in [1.29, 1.82) is 0 Å². The van der Waals surface area contributed by atoms with E-state index in [0.717, 1.165) is 88.6 Å². The summed E-state index contributed by atoms with van der Waals surface area (Å²) in [6, 6.07) is 62.2. The Morgan fingerprint density at radius 2 is 1.04 bits per heavy atom. The number of para-hydroxylation sites is 5. The largest absolute Gasteiger partial charge is 0.456 e. The third kappa shape index (κ3) is 4.41. The predicted octanol–water partition coefficient (Wildman–Crippen LogP) is 13.4. The smallest absolute Gasteiger partial charge is 0.135 e. The van der Waals surface area contributed by atoms with Gasteiger partial charge in [-0.15, -0.1) is 0 Å². The number of benzene rings is 8. The number of nitrogens with zero attached hydrogens (tertiary/aromatic N) is 3. The average molecular weight is 684 g/mol. The van der Waals surface area contributed by atoms with E-state index >= 15 is 0 Å². The highest BCUT2D eigenvalue weighted by Gasteiger charge is 2.25. The zero-order chi connectivity index (χ0) is 35.0. The standard InChI is InChI=1S/C48H30FN3O/c49-31-13-10-16-33(29-31)50-41-22-8-5-19-38(41)47-42(50)23-12-24-43(47)51(34-27-28-46-39(30-34)36-18-6-9-26-45(36)53-46)44-25-11-20-37-35-17-4-7-21-40(35)52(48(37)44)32-14-2-1-3-15-32/h1-30H. The number of aromatic nitrogens is 2. The first-order chi connectivity index (χ1) is 26.2. The van der Waals surface area contributed by atoms with E-state index in [1.54, 1.807) is 12.1 Å². The maximum atomic E-state index is 14.8. The number of rotatable bonds is 5. The van der Waals surface area contributed by atoms with Gasteiger partial charge in [0.25, 0.3) is 0 Å². The minimum Gasteiger partial charge on any atom is -0.456 e. The Kier molecular flexibility index (Phi) is 6.40. The molecule has 0 fully saturated rings. The minimum absolute atomic E-state index is 0.271. The Bertz CT molecular complexity index is 3210. The summed E-state index contributed by atoms with van der Waals surface area (Å²) in [6.07, 6.45) is 0. The number of hydrogen-bond acceptors (Lipinski definition) is 2. The number of halogens is 1. The van der Waals surface area contributed by atoms with Crippen molar-refractivity contribution >= 4 is 82.6 Å². The first-order valence-corrected chi connectivity index (χ1v) is 17.8. The second kappa shape index (κ2) is 11.5. The lowest BCUT2D eigenvalue weighted by Crippen LogP contribution is -2.12. The van der Waals surface area contributed by atoms with E-state index in [1.807, 2.05) is 24.3 Å². The van der Waals surface area contributed by atoms with Crippen molar-refractivity contribution in [2.24, 2.45) is 0 Å². The molecule has 0 saturated heterocycles. The molecular formula is C48H30FN3O. The molecule has 0 saturated carbocycles. The molecule has 250 valence electrons. The molecule has 0 atom stereocenters. The highest BCUT2D eigenvalue weighted by atomic mass is 19.1. The number of hydrogen-bond donors (Lipinski definition) is 0. The molecule has 53 heavy (non-hydrogen) atoms. The van der Waals surface area contributed by atoms with Crippen LogP contribution in [0.1, 0.15) is 0 Å². The summed E-state index contributed by atoms with van der Waals surface area (Å²) in [5, 5.41) is 6.62. The van der Waals surface area contributed by atoms with Crippen molar-refractivity contribution in [3.05, 3.63) is 188 Å². The Hall–Kier alpha value is -7.11. The second-order valence-corrected chi connectivity index (χ2v) is 13.5. The molecule has 4 nitrogen and oxygen atoms in total. The normalized spacial score (nSPS) is 11.9. The average Bonchev–Trinajstić information content (AvgIpc) is 3.87. The van der Waals surface area contributed by atoms with Crippen LogP contribution in [0.2, 0.25) is 0 Å². The maximum absolute atomic E-state index is 14.8. The molecule has 0 radical (unpaired) electrons. The van der Waals surface area contributed by atoms with Gasteiger partial charge in [0.2, 0.25) is 0 Å². The second-order valence-electron chi connectivity index (χ2n) is 13.5.